The lowest BCUT2D eigenvalue weighted by Crippen LogP contribution is -1.59. The van der Waals surface area contributed by atoms with Crippen LogP contribution in [0.4, 0.5) is 0 Å². The van der Waals surface area contributed by atoms with Crippen molar-refractivity contribution in [2.75, 3.05) is 0 Å². The zero-order chi connectivity index (χ0) is 5.28. The van der Waals surface area contributed by atoms with Gasteiger partial charge in [0.25, 0.3) is 0 Å². The van der Waals surface area contributed by atoms with Crippen LogP contribution in [0.25, 0.3) is 0 Å². The standard InChI is InChI=1S/C4H4BrNO/c1-3-6-2-4(5)7-3/h2H,1H3. The van der Waals surface area contributed by atoms with E-state index in [1.165, 1.54) is 0 Å². The van der Waals surface area contributed by atoms with E-state index in [-0.39, 0.29) is 0 Å². The highest BCUT2D eigenvalue weighted by Crippen LogP contribution is 2.08. The minimum atomic E-state index is 0.685. The molecule has 0 aromatic carbocycles. The fraction of sp³-hybridized carbons (Fsp3) is 0.250. The summed E-state index contributed by atoms with van der Waals surface area (Å²) in [5.41, 5.74) is 0. The average Bonchev–Trinajstić information content (AvgIpc) is 1.87. The molecule has 1 aromatic heterocycles. The molecule has 3 heteroatoms. The predicted molar refractivity (Wildman–Crippen MR) is 28.9 cm³/mol. The number of rotatable bonds is 0. The lowest BCUT2D eigenvalue weighted by molar-refractivity contribution is 0.499. The van der Waals surface area contributed by atoms with Gasteiger partial charge in [0.05, 0.1) is 6.20 Å². The monoisotopic (exact) mass is 161 g/mol. The Morgan fingerprint density at radius 1 is 1.86 bits per heavy atom. The molecule has 2 nitrogen and oxygen atoms in total. The van der Waals surface area contributed by atoms with Gasteiger partial charge < -0.3 is 4.42 Å². The van der Waals surface area contributed by atoms with E-state index in [1.807, 2.05) is 0 Å². The Labute approximate surface area is 49.7 Å². The Kier molecular flexibility index (Phi) is 1.15. The summed E-state index contributed by atoms with van der Waals surface area (Å²) >= 11 is 3.10. The highest BCUT2D eigenvalue weighted by Gasteiger charge is 1.89. The molecule has 0 radical (unpaired) electrons. The molecule has 0 saturated heterocycles. The van der Waals surface area contributed by atoms with Crippen molar-refractivity contribution in [2.24, 2.45) is 0 Å². The van der Waals surface area contributed by atoms with Gasteiger partial charge in [-0.2, -0.15) is 0 Å². The lowest BCUT2D eigenvalue weighted by atomic mass is 10.8. The predicted octanol–water partition coefficient (Wildman–Crippen LogP) is 1.75. The zero-order valence-corrected chi connectivity index (χ0v) is 5.40. The summed E-state index contributed by atoms with van der Waals surface area (Å²) in [6, 6.07) is 0. The first kappa shape index (κ1) is 4.84. The van der Waals surface area contributed by atoms with Crippen LogP contribution in [-0.2, 0) is 0 Å². The van der Waals surface area contributed by atoms with Crippen LogP contribution < -0.4 is 0 Å². The number of aryl methyl sites for hydroxylation is 1. The Bertz CT molecular complexity index is 144. The number of aromatic nitrogens is 1. The number of hydrogen-bond donors (Lipinski definition) is 0. The van der Waals surface area contributed by atoms with E-state index in [9.17, 15) is 0 Å². The van der Waals surface area contributed by atoms with E-state index < -0.39 is 0 Å². The minimum absolute atomic E-state index is 0.685. The molecule has 1 aromatic rings. The van der Waals surface area contributed by atoms with Crippen LogP contribution >= 0.6 is 15.9 Å². The number of halogens is 1. The van der Waals surface area contributed by atoms with Gasteiger partial charge in [-0.3, -0.25) is 0 Å². The van der Waals surface area contributed by atoms with Gasteiger partial charge >= 0.3 is 0 Å². The van der Waals surface area contributed by atoms with Crippen molar-refractivity contribution in [3.05, 3.63) is 16.8 Å². The van der Waals surface area contributed by atoms with Crippen LogP contribution in [0.2, 0.25) is 0 Å². The summed E-state index contributed by atoms with van der Waals surface area (Å²) < 4.78 is 5.57. The molecule has 0 amide bonds. The minimum Gasteiger partial charge on any atom is -0.434 e. The smallest absolute Gasteiger partial charge is 0.192 e. The molecule has 0 fully saturated rings. The van der Waals surface area contributed by atoms with E-state index >= 15 is 0 Å². The Balaban J connectivity index is 3.04. The highest BCUT2D eigenvalue weighted by atomic mass is 79.9. The second-order valence-corrected chi connectivity index (χ2v) is 1.96. The molecule has 1 rings (SSSR count). The van der Waals surface area contributed by atoms with E-state index in [4.69, 9.17) is 4.42 Å². The maximum atomic E-state index is 4.89. The quantitative estimate of drug-likeness (QED) is 0.580. The summed E-state index contributed by atoms with van der Waals surface area (Å²) in [6.07, 6.45) is 1.62. The third-order valence-electron chi connectivity index (χ3n) is 0.593. The van der Waals surface area contributed by atoms with Crippen LogP contribution in [0.5, 0.6) is 0 Å². The van der Waals surface area contributed by atoms with Gasteiger partial charge in [-0.25, -0.2) is 4.98 Å². The largest absolute Gasteiger partial charge is 0.434 e. The topological polar surface area (TPSA) is 26.0 Å². The van der Waals surface area contributed by atoms with Crippen molar-refractivity contribution in [3.63, 3.8) is 0 Å². The van der Waals surface area contributed by atoms with Crippen LogP contribution in [0.1, 0.15) is 5.89 Å². The Morgan fingerprint density at radius 3 is 2.71 bits per heavy atom. The van der Waals surface area contributed by atoms with Gasteiger partial charge in [-0.1, -0.05) is 0 Å². The average molecular weight is 162 g/mol. The van der Waals surface area contributed by atoms with Gasteiger partial charge in [0.1, 0.15) is 0 Å². The molecule has 0 aliphatic carbocycles. The summed E-state index contributed by atoms with van der Waals surface area (Å²) in [5, 5.41) is 0. The molecule has 0 atom stereocenters. The highest BCUT2D eigenvalue weighted by molar-refractivity contribution is 9.10. The number of hydrogen-bond acceptors (Lipinski definition) is 2. The van der Waals surface area contributed by atoms with Crippen molar-refractivity contribution < 1.29 is 4.42 Å². The molecular weight excluding hydrogens is 158 g/mol. The van der Waals surface area contributed by atoms with Crippen molar-refractivity contribution in [2.45, 2.75) is 6.92 Å². The lowest BCUT2D eigenvalue weighted by Gasteiger charge is -1.71. The van der Waals surface area contributed by atoms with Gasteiger partial charge in [0, 0.05) is 6.92 Å². The van der Waals surface area contributed by atoms with Gasteiger partial charge in [0.2, 0.25) is 0 Å². The number of oxazole rings is 1. The molecule has 38 valence electrons. The van der Waals surface area contributed by atoms with Crippen LogP contribution in [0.3, 0.4) is 0 Å². The van der Waals surface area contributed by atoms with Crippen LogP contribution in [0, 0.1) is 6.92 Å². The Morgan fingerprint density at radius 2 is 2.57 bits per heavy atom. The summed E-state index contributed by atoms with van der Waals surface area (Å²) in [4.78, 5) is 3.80. The van der Waals surface area contributed by atoms with E-state index in [0.717, 1.165) is 0 Å². The molecule has 0 aliphatic rings. The van der Waals surface area contributed by atoms with E-state index in [0.29, 0.717) is 10.6 Å². The second kappa shape index (κ2) is 1.66. The summed E-state index contributed by atoms with van der Waals surface area (Å²) in [7, 11) is 0. The SMILES string of the molecule is Cc1ncc(Br)o1. The maximum absolute atomic E-state index is 4.89. The number of nitrogens with zero attached hydrogens (tertiary/aromatic N) is 1. The Hall–Kier alpha value is -0.310. The fourth-order valence-corrected chi connectivity index (χ4v) is 0.672. The van der Waals surface area contributed by atoms with Crippen molar-refractivity contribution in [1.82, 2.24) is 4.98 Å². The third-order valence-corrected chi connectivity index (χ3v) is 0.960. The first-order valence-corrected chi connectivity index (χ1v) is 2.66. The molecule has 0 bridgehead atoms. The maximum Gasteiger partial charge on any atom is 0.192 e. The third kappa shape index (κ3) is 1.03. The molecule has 1 heterocycles. The van der Waals surface area contributed by atoms with Gasteiger partial charge in [-0.05, 0) is 15.9 Å². The van der Waals surface area contributed by atoms with E-state index in [1.54, 1.807) is 13.1 Å². The zero-order valence-electron chi connectivity index (χ0n) is 3.81. The first-order chi connectivity index (χ1) is 3.29. The van der Waals surface area contributed by atoms with Crippen molar-refractivity contribution >= 4 is 15.9 Å². The molecule has 0 spiro atoms. The molecule has 0 saturated carbocycles. The first-order valence-electron chi connectivity index (χ1n) is 1.87. The summed E-state index contributed by atoms with van der Waals surface area (Å²) in [5.74, 6) is 0.687. The van der Waals surface area contributed by atoms with Crippen LogP contribution in [-0.4, -0.2) is 4.98 Å². The van der Waals surface area contributed by atoms with Gasteiger partial charge in [0.15, 0.2) is 10.6 Å². The molecule has 7 heavy (non-hydrogen) atoms. The molecular formula is C4H4BrNO. The van der Waals surface area contributed by atoms with Crippen molar-refractivity contribution in [3.8, 4) is 0 Å². The molecule has 0 unspecified atom stereocenters. The normalized spacial score (nSPS) is 9.43. The van der Waals surface area contributed by atoms with E-state index in [2.05, 4.69) is 20.9 Å². The van der Waals surface area contributed by atoms with Crippen LogP contribution in [0.15, 0.2) is 15.3 Å². The fourth-order valence-electron chi connectivity index (χ4n) is 0.335. The van der Waals surface area contributed by atoms with Crippen molar-refractivity contribution in [1.29, 1.82) is 0 Å². The molecule has 0 N–H and O–H groups in total. The van der Waals surface area contributed by atoms with Gasteiger partial charge in [-0.15, -0.1) is 0 Å². The molecule has 0 aliphatic heterocycles. The second-order valence-electron chi connectivity index (χ2n) is 1.18. The summed E-state index contributed by atoms with van der Waals surface area (Å²) in [6.45, 7) is 1.80.